The Labute approximate surface area is 115 Å². The molecule has 1 amide bonds. The summed E-state index contributed by atoms with van der Waals surface area (Å²) in [6, 6.07) is 6.36. The highest BCUT2D eigenvalue weighted by Crippen LogP contribution is 2.32. The van der Waals surface area contributed by atoms with Gasteiger partial charge in [0.2, 0.25) is 5.91 Å². The summed E-state index contributed by atoms with van der Waals surface area (Å²) in [5, 5.41) is 3.08. The van der Waals surface area contributed by atoms with Crippen LogP contribution >= 0.6 is 0 Å². The van der Waals surface area contributed by atoms with E-state index in [-0.39, 0.29) is 11.9 Å². The number of amides is 1. The van der Waals surface area contributed by atoms with E-state index in [2.05, 4.69) is 37.4 Å². The number of aryl methyl sites for hydroxylation is 1. The maximum absolute atomic E-state index is 11.8. The van der Waals surface area contributed by atoms with Crippen molar-refractivity contribution in [3.63, 3.8) is 0 Å². The standard InChI is InChI=1S/C16H24N2O/c1-10(2)13-8-7-12-5-4-6-15(14(12)9-13)18-16(19)11(3)17/h7-11,15H,4-6,17H2,1-3H3,(H,18,19)/t11?,15-/m1/s1. The van der Waals surface area contributed by atoms with Crippen LogP contribution in [0.15, 0.2) is 18.2 Å². The van der Waals surface area contributed by atoms with Gasteiger partial charge in [0.25, 0.3) is 0 Å². The molecule has 3 nitrogen and oxygen atoms in total. The molecular formula is C16H24N2O. The number of benzene rings is 1. The van der Waals surface area contributed by atoms with Crippen LogP contribution in [0.2, 0.25) is 0 Å². The van der Waals surface area contributed by atoms with Gasteiger partial charge >= 0.3 is 0 Å². The summed E-state index contributed by atoms with van der Waals surface area (Å²) >= 11 is 0. The van der Waals surface area contributed by atoms with E-state index < -0.39 is 6.04 Å². The van der Waals surface area contributed by atoms with Gasteiger partial charge in [-0.25, -0.2) is 0 Å². The largest absolute Gasteiger partial charge is 0.348 e. The molecule has 0 heterocycles. The number of rotatable bonds is 3. The van der Waals surface area contributed by atoms with Crippen molar-refractivity contribution in [3.05, 3.63) is 34.9 Å². The molecule has 2 atom stereocenters. The summed E-state index contributed by atoms with van der Waals surface area (Å²) in [6.07, 6.45) is 3.24. The quantitative estimate of drug-likeness (QED) is 0.878. The Hall–Kier alpha value is -1.35. The molecule has 2 rings (SSSR count). The van der Waals surface area contributed by atoms with Gasteiger partial charge in [-0.3, -0.25) is 4.79 Å². The number of carbonyl (C=O) groups excluding carboxylic acids is 1. The lowest BCUT2D eigenvalue weighted by atomic mass is 9.85. The van der Waals surface area contributed by atoms with Crippen molar-refractivity contribution in [2.24, 2.45) is 5.73 Å². The number of nitrogens with one attached hydrogen (secondary N) is 1. The first-order chi connectivity index (χ1) is 8.99. The van der Waals surface area contributed by atoms with Crippen molar-refractivity contribution in [2.45, 2.75) is 58.0 Å². The second-order valence-electron chi connectivity index (χ2n) is 5.86. The zero-order valence-corrected chi connectivity index (χ0v) is 12.1. The smallest absolute Gasteiger partial charge is 0.237 e. The predicted octanol–water partition coefficient (Wildman–Crippen LogP) is 2.65. The minimum absolute atomic E-state index is 0.0622. The van der Waals surface area contributed by atoms with Crippen molar-refractivity contribution in [1.82, 2.24) is 5.32 Å². The third-order valence-corrected chi connectivity index (χ3v) is 3.88. The second kappa shape index (κ2) is 5.74. The predicted molar refractivity (Wildman–Crippen MR) is 78.0 cm³/mol. The Morgan fingerprint density at radius 2 is 2.11 bits per heavy atom. The first kappa shape index (κ1) is 14.1. The van der Waals surface area contributed by atoms with E-state index in [9.17, 15) is 4.79 Å². The molecule has 0 radical (unpaired) electrons. The normalized spacial score (nSPS) is 19.9. The number of carbonyl (C=O) groups is 1. The summed E-state index contributed by atoms with van der Waals surface area (Å²) in [5.74, 6) is 0.449. The van der Waals surface area contributed by atoms with Gasteiger partial charge in [-0.05, 0) is 48.8 Å². The summed E-state index contributed by atoms with van der Waals surface area (Å²) in [7, 11) is 0. The molecule has 0 spiro atoms. The van der Waals surface area contributed by atoms with Crippen LogP contribution in [-0.2, 0) is 11.2 Å². The first-order valence-electron chi connectivity index (χ1n) is 7.17. The topological polar surface area (TPSA) is 55.1 Å². The maximum atomic E-state index is 11.8. The minimum Gasteiger partial charge on any atom is -0.348 e. The molecule has 0 fully saturated rings. The van der Waals surface area contributed by atoms with Crippen LogP contribution < -0.4 is 11.1 Å². The molecule has 1 aliphatic carbocycles. The lowest BCUT2D eigenvalue weighted by Gasteiger charge is -2.28. The van der Waals surface area contributed by atoms with E-state index in [1.807, 2.05) is 0 Å². The van der Waals surface area contributed by atoms with Crippen LogP contribution in [0.1, 0.15) is 62.3 Å². The van der Waals surface area contributed by atoms with Crippen molar-refractivity contribution in [1.29, 1.82) is 0 Å². The van der Waals surface area contributed by atoms with Gasteiger partial charge in [-0.1, -0.05) is 32.0 Å². The number of fused-ring (bicyclic) bond motifs is 1. The van der Waals surface area contributed by atoms with Gasteiger partial charge < -0.3 is 11.1 Å². The summed E-state index contributed by atoms with van der Waals surface area (Å²) in [5.41, 5.74) is 9.62. The monoisotopic (exact) mass is 260 g/mol. The molecule has 0 aliphatic heterocycles. The lowest BCUT2D eigenvalue weighted by Crippen LogP contribution is -2.41. The molecule has 0 aromatic heterocycles. The summed E-state index contributed by atoms with van der Waals surface area (Å²) in [6.45, 7) is 6.11. The lowest BCUT2D eigenvalue weighted by molar-refractivity contribution is -0.122. The molecule has 104 valence electrons. The first-order valence-corrected chi connectivity index (χ1v) is 7.17. The Balaban J connectivity index is 2.26. The van der Waals surface area contributed by atoms with Crippen LogP contribution in [0.5, 0.6) is 0 Å². The fourth-order valence-electron chi connectivity index (χ4n) is 2.63. The molecular weight excluding hydrogens is 236 g/mol. The van der Waals surface area contributed by atoms with E-state index in [4.69, 9.17) is 5.73 Å². The highest BCUT2D eigenvalue weighted by molar-refractivity contribution is 5.81. The van der Waals surface area contributed by atoms with Crippen LogP contribution in [0.25, 0.3) is 0 Å². The fourth-order valence-corrected chi connectivity index (χ4v) is 2.63. The zero-order valence-electron chi connectivity index (χ0n) is 12.1. The maximum Gasteiger partial charge on any atom is 0.237 e. The molecule has 0 saturated heterocycles. The molecule has 3 heteroatoms. The number of nitrogens with two attached hydrogens (primary N) is 1. The summed E-state index contributed by atoms with van der Waals surface area (Å²) < 4.78 is 0. The van der Waals surface area contributed by atoms with Crippen molar-refractivity contribution in [2.75, 3.05) is 0 Å². The van der Waals surface area contributed by atoms with Crippen LogP contribution in [-0.4, -0.2) is 11.9 Å². The number of hydrogen-bond acceptors (Lipinski definition) is 2. The Kier molecular flexibility index (Phi) is 4.25. The third kappa shape index (κ3) is 3.16. The van der Waals surface area contributed by atoms with E-state index in [0.29, 0.717) is 5.92 Å². The van der Waals surface area contributed by atoms with E-state index in [1.54, 1.807) is 6.92 Å². The van der Waals surface area contributed by atoms with Gasteiger partial charge in [0.15, 0.2) is 0 Å². The molecule has 19 heavy (non-hydrogen) atoms. The SMILES string of the molecule is CC(N)C(=O)N[C@@H]1CCCc2ccc(C(C)C)cc21. The van der Waals surface area contributed by atoms with Crippen molar-refractivity contribution in [3.8, 4) is 0 Å². The van der Waals surface area contributed by atoms with E-state index >= 15 is 0 Å². The minimum atomic E-state index is -0.446. The highest BCUT2D eigenvalue weighted by atomic mass is 16.2. The second-order valence-corrected chi connectivity index (χ2v) is 5.86. The van der Waals surface area contributed by atoms with Gasteiger partial charge in [0, 0.05) is 0 Å². The third-order valence-electron chi connectivity index (χ3n) is 3.88. The molecule has 1 aromatic rings. The van der Waals surface area contributed by atoms with Gasteiger partial charge in [0.05, 0.1) is 12.1 Å². The van der Waals surface area contributed by atoms with Crippen molar-refractivity contribution >= 4 is 5.91 Å². The zero-order chi connectivity index (χ0) is 14.0. The van der Waals surface area contributed by atoms with E-state index in [1.165, 1.54) is 16.7 Å². The van der Waals surface area contributed by atoms with E-state index in [0.717, 1.165) is 19.3 Å². The molecule has 1 unspecified atom stereocenters. The van der Waals surface area contributed by atoms with Gasteiger partial charge in [0.1, 0.15) is 0 Å². The summed E-state index contributed by atoms with van der Waals surface area (Å²) in [4.78, 5) is 11.8. The van der Waals surface area contributed by atoms with Gasteiger partial charge in [-0.2, -0.15) is 0 Å². The molecule has 0 bridgehead atoms. The molecule has 1 aromatic carbocycles. The van der Waals surface area contributed by atoms with Gasteiger partial charge in [-0.15, -0.1) is 0 Å². The highest BCUT2D eigenvalue weighted by Gasteiger charge is 2.23. The van der Waals surface area contributed by atoms with Crippen LogP contribution in [0.3, 0.4) is 0 Å². The molecule has 1 aliphatic rings. The van der Waals surface area contributed by atoms with Crippen LogP contribution in [0.4, 0.5) is 0 Å². The fraction of sp³-hybridized carbons (Fsp3) is 0.562. The number of hydrogen-bond donors (Lipinski definition) is 2. The molecule has 0 saturated carbocycles. The Bertz CT molecular complexity index is 466. The average molecular weight is 260 g/mol. The van der Waals surface area contributed by atoms with Crippen molar-refractivity contribution < 1.29 is 4.79 Å². The van der Waals surface area contributed by atoms with Crippen LogP contribution in [0, 0.1) is 0 Å². The molecule has 3 N–H and O–H groups in total. The Morgan fingerprint density at radius 3 is 2.74 bits per heavy atom. The Morgan fingerprint density at radius 1 is 1.37 bits per heavy atom. The average Bonchev–Trinajstić information content (AvgIpc) is 2.38.